The topological polar surface area (TPSA) is 126 Å². The fourth-order valence-electron chi connectivity index (χ4n) is 3.16. The summed E-state index contributed by atoms with van der Waals surface area (Å²) in [6.45, 7) is 1.66. The highest BCUT2D eigenvalue weighted by Gasteiger charge is 2.14. The Morgan fingerprint density at radius 1 is 1.12 bits per heavy atom. The van der Waals surface area contributed by atoms with Crippen molar-refractivity contribution >= 4 is 39.9 Å². The van der Waals surface area contributed by atoms with Crippen molar-refractivity contribution < 1.29 is 28.6 Å². The number of ketones is 1. The zero-order valence-corrected chi connectivity index (χ0v) is 19.9. The second kappa shape index (κ2) is 11.4. The highest BCUT2D eigenvalue weighted by Crippen LogP contribution is 2.29. The van der Waals surface area contributed by atoms with Crippen LogP contribution in [0.25, 0.3) is 10.9 Å². The second-order valence-corrected chi connectivity index (χ2v) is 8.50. The van der Waals surface area contributed by atoms with E-state index in [0.717, 1.165) is 4.88 Å². The number of amides is 1. The van der Waals surface area contributed by atoms with Gasteiger partial charge in [0, 0.05) is 30.8 Å². The summed E-state index contributed by atoms with van der Waals surface area (Å²) in [6, 6.07) is 6.59. The van der Waals surface area contributed by atoms with E-state index in [1.54, 1.807) is 24.3 Å². The van der Waals surface area contributed by atoms with Crippen LogP contribution in [-0.2, 0) is 27.4 Å². The van der Waals surface area contributed by atoms with Crippen molar-refractivity contribution in [2.75, 3.05) is 20.8 Å². The van der Waals surface area contributed by atoms with Crippen molar-refractivity contribution in [1.82, 2.24) is 14.9 Å². The fraction of sp³-hybridized carbons (Fsp3) is 0.348. The molecular weight excluding hydrogens is 462 g/mol. The minimum atomic E-state index is -0.531. The van der Waals surface area contributed by atoms with Crippen LogP contribution in [0.3, 0.4) is 0 Å². The predicted molar refractivity (Wildman–Crippen MR) is 125 cm³/mol. The quantitative estimate of drug-likeness (QED) is 0.323. The number of carbonyl (C=O) groups excluding carboxylic acids is 3. The van der Waals surface area contributed by atoms with E-state index in [-0.39, 0.29) is 36.8 Å². The Hall–Kier alpha value is -3.73. The number of methoxy groups -OCH3 is 2. The number of aryl methyl sites for hydroxylation is 1. The highest BCUT2D eigenvalue weighted by atomic mass is 32.1. The molecule has 0 aliphatic rings. The maximum atomic E-state index is 12.8. The Bertz CT molecular complexity index is 1270. The standard InChI is InChI=1S/C23H25N3O7S/c1-14(27)24-11-15-6-7-21(34-15)18(28)12-33-22(29)5-4-8-26-13-25-17-10-20(32-3)19(31-2)9-16(17)23(26)30/h6-7,9-10,13H,4-5,8,11-12H2,1-3H3,(H,24,27). The van der Waals surface area contributed by atoms with Crippen LogP contribution in [0.15, 0.2) is 35.4 Å². The lowest BCUT2D eigenvalue weighted by Crippen LogP contribution is -2.21. The first kappa shape index (κ1) is 24.9. The van der Waals surface area contributed by atoms with Crippen LogP contribution in [-0.4, -0.2) is 48.0 Å². The number of carbonyl (C=O) groups is 3. The summed E-state index contributed by atoms with van der Waals surface area (Å²) in [6.07, 6.45) is 1.80. The molecule has 2 aromatic heterocycles. The van der Waals surface area contributed by atoms with Crippen LogP contribution in [0.4, 0.5) is 0 Å². The monoisotopic (exact) mass is 487 g/mol. The van der Waals surface area contributed by atoms with Crippen molar-refractivity contribution in [3.63, 3.8) is 0 Å². The Morgan fingerprint density at radius 3 is 2.56 bits per heavy atom. The molecule has 0 unspecified atom stereocenters. The number of esters is 1. The number of hydrogen-bond acceptors (Lipinski definition) is 9. The first-order chi connectivity index (χ1) is 16.3. The van der Waals surface area contributed by atoms with Crippen molar-refractivity contribution in [3.8, 4) is 11.5 Å². The first-order valence-electron chi connectivity index (χ1n) is 10.5. The Balaban J connectivity index is 1.51. The molecule has 0 spiro atoms. The fourth-order valence-corrected chi connectivity index (χ4v) is 4.03. The Kier molecular flexibility index (Phi) is 8.36. The smallest absolute Gasteiger partial charge is 0.306 e. The van der Waals surface area contributed by atoms with Crippen LogP contribution in [0.1, 0.15) is 34.3 Å². The Morgan fingerprint density at radius 2 is 1.85 bits per heavy atom. The number of hydrogen-bond donors (Lipinski definition) is 1. The van der Waals surface area contributed by atoms with Crippen molar-refractivity contribution in [3.05, 3.63) is 50.7 Å². The SMILES string of the molecule is COc1cc2ncn(CCCC(=O)OCC(=O)c3ccc(CNC(C)=O)s3)c(=O)c2cc1OC. The molecule has 0 fully saturated rings. The van der Waals surface area contributed by atoms with Crippen LogP contribution < -0.4 is 20.3 Å². The summed E-state index contributed by atoms with van der Waals surface area (Å²) in [5, 5.41) is 3.04. The molecule has 180 valence electrons. The molecular formula is C23H25N3O7S. The molecule has 0 saturated carbocycles. The van der Waals surface area contributed by atoms with Gasteiger partial charge in [-0.1, -0.05) is 0 Å². The minimum absolute atomic E-state index is 0.0436. The summed E-state index contributed by atoms with van der Waals surface area (Å²) in [4.78, 5) is 53.6. The van der Waals surface area contributed by atoms with Gasteiger partial charge in [0.25, 0.3) is 5.56 Å². The summed E-state index contributed by atoms with van der Waals surface area (Å²) >= 11 is 1.24. The normalized spacial score (nSPS) is 10.7. The number of nitrogens with one attached hydrogen (secondary N) is 1. The molecule has 1 N–H and O–H groups in total. The van der Waals surface area contributed by atoms with E-state index in [9.17, 15) is 19.2 Å². The zero-order valence-electron chi connectivity index (χ0n) is 19.1. The number of Topliss-reactive ketones (excluding diaryl/α,β-unsaturated/α-hetero) is 1. The third-order valence-electron chi connectivity index (χ3n) is 4.92. The predicted octanol–water partition coefficient (Wildman–Crippen LogP) is 2.32. The molecule has 0 radical (unpaired) electrons. The highest BCUT2D eigenvalue weighted by molar-refractivity contribution is 7.14. The van der Waals surface area contributed by atoms with Gasteiger partial charge in [0.1, 0.15) is 0 Å². The van der Waals surface area contributed by atoms with Gasteiger partial charge >= 0.3 is 5.97 Å². The Labute approximate surface area is 199 Å². The molecule has 1 amide bonds. The maximum absolute atomic E-state index is 12.8. The number of thiophene rings is 1. The van der Waals surface area contributed by atoms with Crippen LogP contribution in [0.5, 0.6) is 11.5 Å². The van der Waals surface area contributed by atoms with E-state index >= 15 is 0 Å². The first-order valence-corrected chi connectivity index (χ1v) is 11.3. The van der Waals surface area contributed by atoms with Gasteiger partial charge in [0.05, 0.1) is 42.9 Å². The van der Waals surface area contributed by atoms with Crippen molar-refractivity contribution in [2.45, 2.75) is 32.9 Å². The third-order valence-corrected chi connectivity index (χ3v) is 6.05. The largest absolute Gasteiger partial charge is 0.493 e. The van der Waals surface area contributed by atoms with Crippen LogP contribution in [0.2, 0.25) is 0 Å². The van der Waals surface area contributed by atoms with Gasteiger partial charge in [0.15, 0.2) is 18.1 Å². The molecule has 3 aromatic rings. The van der Waals surface area contributed by atoms with Gasteiger partial charge < -0.3 is 19.5 Å². The number of fused-ring (bicyclic) bond motifs is 1. The number of rotatable bonds is 11. The van der Waals surface area contributed by atoms with Crippen molar-refractivity contribution in [2.24, 2.45) is 0 Å². The maximum Gasteiger partial charge on any atom is 0.306 e. The number of benzene rings is 1. The van der Waals surface area contributed by atoms with Gasteiger partial charge in [-0.05, 0) is 24.6 Å². The second-order valence-electron chi connectivity index (χ2n) is 7.33. The van der Waals surface area contributed by atoms with E-state index in [1.165, 1.54) is 43.4 Å². The lowest BCUT2D eigenvalue weighted by molar-refractivity contribution is -0.142. The molecule has 3 rings (SSSR count). The van der Waals surface area contributed by atoms with Gasteiger partial charge in [-0.15, -0.1) is 11.3 Å². The summed E-state index contributed by atoms with van der Waals surface area (Å²) < 4.78 is 17.0. The molecule has 0 saturated heterocycles. The van der Waals surface area contributed by atoms with Crippen molar-refractivity contribution in [1.29, 1.82) is 0 Å². The molecule has 11 heteroatoms. The average molecular weight is 488 g/mol. The molecule has 0 bridgehead atoms. The molecule has 2 heterocycles. The summed E-state index contributed by atoms with van der Waals surface area (Å²) in [5.41, 5.74) is 0.216. The van der Waals surface area contributed by atoms with Gasteiger partial charge in [-0.2, -0.15) is 0 Å². The van der Waals surface area contributed by atoms with Gasteiger partial charge in [-0.25, -0.2) is 4.98 Å². The molecule has 0 aliphatic carbocycles. The summed E-state index contributed by atoms with van der Waals surface area (Å²) in [5.74, 6) is -0.100. The number of nitrogens with zero attached hydrogens (tertiary/aromatic N) is 2. The third kappa shape index (κ3) is 6.19. The lowest BCUT2D eigenvalue weighted by Gasteiger charge is -2.10. The van der Waals surface area contributed by atoms with E-state index in [0.29, 0.717) is 40.2 Å². The van der Waals surface area contributed by atoms with Gasteiger partial charge in [0.2, 0.25) is 11.7 Å². The molecule has 0 atom stereocenters. The lowest BCUT2D eigenvalue weighted by atomic mass is 10.2. The van der Waals surface area contributed by atoms with Crippen LogP contribution in [0, 0.1) is 0 Å². The van der Waals surface area contributed by atoms with E-state index in [1.807, 2.05) is 0 Å². The zero-order chi connectivity index (χ0) is 24.7. The molecule has 0 aliphatic heterocycles. The number of aromatic nitrogens is 2. The van der Waals surface area contributed by atoms with Crippen LogP contribution >= 0.6 is 11.3 Å². The van der Waals surface area contributed by atoms with Gasteiger partial charge in [-0.3, -0.25) is 23.7 Å². The minimum Gasteiger partial charge on any atom is -0.493 e. The average Bonchev–Trinajstić information content (AvgIpc) is 3.31. The van der Waals surface area contributed by atoms with E-state index in [2.05, 4.69) is 10.3 Å². The molecule has 1 aromatic carbocycles. The number of ether oxygens (including phenoxy) is 3. The molecule has 10 nitrogen and oxygen atoms in total. The van der Waals surface area contributed by atoms with E-state index < -0.39 is 5.97 Å². The van der Waals surface area contributed by atoms with E-state index in [4.69, 9.17) is 14.2 Å². The summed E-state index contributed by atoms with van der Waals surface area (Å²) in [7, 11) is 2.99. The molecule has 34 heavy (non-hydrogen) atoms.